The molecule has 8 nitrogen and oxygen atoms in total. The Labute approximate surface area is 211 Å². The molecule has 2 aromatic carbocycles. The first-order valence-electron chi connectivity index (χ1n) is 11.4. The maximum absolute atomic E-state index is 13.2. The van der Waals surface area contributed by atoms with Gasteiger partial charge in [-0.05, 0) is 35.9 Å². The normalized spacial score (nSPS) is 17.2. The molecular formula is C26H25F3N4O4. The van der Waals surface area contributed by atoms with E-state index in [4.69, 9.17) is 9.47 Å². The van der Waals surface area contributed by atoms with E-state index in [9.17, 15) is 22.8 Å². The molecule has 3 N–H and O–H groups in total. The van der Waals surface area contributed by atoms with E-state index < -0.39 is 29.1 Å². The van der Waals surface area contributed by atoms with Gasteiger partial charge in [0.1, 0.15) is 11.3 Å². The van der Waals surface area contributed by atoms with Gasteiger partial charge in [-0.1, -0.05) is 24.3 Å². The van der Waals surface area contributed by atoms with Gasteiger partial charge < -0.3 is 25.4 Å². The first-order chi connectivity index (χ1) is 17.7. The summed E-state index contributed by atoms with van der Waals surface area (Å²) in [5.74, 6) is -0.481. The molecule has 1 saturated heterocycles. The Balaban J connectivity index is 1.39. The van der Waals surface area contributed by atoms with Crippen LogP contribution in [0.15, 0.2) is 67.0 Å². The SMILES string of the molecule is COc1cncc(C(=O)NC2(C(=O)NCc3ccc(Nc4ccccc4C(F)(F)F)cc3)CCOC2)c1. The molecule has 1 aliphatic heterocycles. The summed E-state index contributed by atoms with van der Waals surface area (Å²) in [6.07, 6.45) is -1.34. The number of anilines is 2. The number of ether oxygens (including phenoxy) is 2. The first kappa shape index (κ1) is 26.0. The van der Waals surface area contributed by atoms with E-state index in [0.29, 0.717) is 24.5 Å². The van der Waals surface area contributed by atoms with E-state index >= 15 is 0 Å². The van der Waals surface area contributed by atoms with Crippen molar-refractivity contribution in [1.29, 1.82) is 0 Å². The summed E-state index contributed by atoms with van der Waals surface area (Å²) < 4.78 is 50.2. The zero-order valence-corrected chi connectivity index (χ0v) is 19.9. The van der Waals surface area contributed by atoms with Crippen LogP contribution in [0.3, 0.4) is 0 Å². The number of pyridine rings is 1. The van der Waals surface area contributed by atoms with Crippen molar-refractivity contribution in [3.63, 3.8) is 0 Å². The average molecular weight is 515 g/mol. The van der Waals surface area contributed by atoms with Crippen LogP contribution in [0.1, 0.15) is 27.9 Å². The summed E-state index contributed by atoms with van der Waals surface area (Å²) in [7, 11) is 1.46. The number of carbonyl (C=O) groups is 2. The smallest absolute Gasteiger partial charge is 0.418 e. The number of nitrogens with one attached hydrogen (secondary N) is 3. The Bertz CT molecular complexity index is 1260. The fourth-order valence-corrected chi connectivity index (χ4v) is 3.90. The number of halogens is 3. The summed E-state index contributed by atoms with van der Waals surface area (Å²) in [6.45, 7) is 0.476. The minimum absolute atomic E-state index is 0.0173. The van der Waals surface area contributed by atoms with Gasteiger partial charge in [0.25, 0.3) is 5.91 Å². The Morgan fingerprint density at radius 1 is 1.11 bits per heavy atom. The zero-order valence-electron chi connectivity index (χ0n) is 19.9. The number of benzene rings is 2. The van der Waals surface area contributed by atoms with E-state index in [-0.39, 0.29) is 24.4 Å². The number of methoxy groups -OCH3 is 1. The molecule has 37 heavy (non-hydrogen) atoms. The molecule has 194 valence electrons. The van der Waals surface area contributed by atoms with Crippen LogP contribution in [0.4, 0.5) is 24.5 Å². The number of alkyl halides is 3. The van der Waals surface area contributed by atoms with Gasteiger partial charge in [-0.3, -0.25) is 14.6 Å². The highest BCUT2D eigenvalue weighted by Crippen LogP contribution is 2.35. The largest absolute Gasteiger partial charge is 0.495 e. The van der Waals surface area contributed by atoms with Crippen molar-refractivity contribution >= 4 is 23.2 Å². The second-order valence-electron chi connectivity index (χ2n) is 8.50. The second-order valence-corrected chi connectivity index (χ2v) is 8.50. The molecule has 1 atom stereocenters. The average Bonchev–Trinajstić information content (AvgIpc) is 3.37. The third kappa shape index (κ3) is 6.18. The van der Waals surface area contributed by atoms with Crippen molar-refractivity contribution in [1.82, 2.24) is 15.6 Å². The van der Waals surface area contributed by atoms with Gasteiger partial charge in [0, 0.05) is 31.5 Å². The molecule has 3 aromatic rings. The lowest BCUT2D eigenvalue weighted by Crippen LogP contribution is -2.59. The Kier molecular flexibility index (Phi) is 7.63. The molecule has 4 rings (SSSR count). The fraction of sp³-hybridized carbons (Fsp3) is 0.269. The molecule has 1 unspecified atom stereocenters. The van der Waals surface area contributed by atoms with Crippen molar-refractivity contribution in [2.45, 2.75) is 24.7 Å². The summed E-state index contributed by atoms with van der Waals surface area (Å²) >= 11 is 0. The maximum Gasteiger partial charge on any atom is 0.418 e. The molecule has 1 fully saturated rings. The topological polar surface area (TPSA) is 102 Å². The van der Waals surface area contributed by atoms with Crippen LogP contribution >= 0.6 is 0 Å². The van der Waals surface area contributed by atoms with Crippen LogP contribution in [0.5, 0.6) is 5.75 Å². The van der Waals surface area contributed by atoms with Crippen molar-refractivity contribution in [3.05, 3.63) is 83.7 Å². The second kappa shape index (κ2) is 10.9. The van der Waals surface area contributed by atoms with E-state index in [1.54, 1.807) is 24.3 Å². The lowest BCUT2D eigenvalue weighted by Gasteiger charge is -2.27. The monoisotopic (exact) mass is 514 g/mol. The lowest BCUT2D eigenvalue weighted by molar-refractivity contribution is -0.137. The van der Waals surface area contributed by atoms with Gasteiger partial charge in [-0.2, -0.15) is 13.2 Å². The molecule has 2 heterocycles. The highest BCUT2D eigenvalue weighted by atomic mass is 19.4. The third-order valence-electron chi connectivity index (χ3n) is 5.94. The molecule has 0 aliphatic carbocycles. The Hall–Kier alpha value is -4.12. The molecule has 0 spiro atoms. The number of hydrogen-bond donors (Lipinski definition) is 3. The van der Waals surface area contributed by atoms with Crippen LogP contribution in [-0.2, 0) is 22.3 Å². The van der Waals surface area contributed by atoms with Gasteiger partial charge in [-0.15, -0.1) is 0 Å². The number of rotatable bonds is 8. The van der Waals surface area contributed by atoms with Gasteiger partial charge in [-0.25, -0.2) is 0 Å². The van der Waals surface area contributed by atoms with Crippen LogP contribution in [0.25, 0.3) is 0 Å². The molecule has 0 bridgehead atoms. The van der Waals surface area contributed by atoms with Crippen molar-refractivity contribution in [2.75, 3.05) is 25.6 Å². The van der Waals surface area contributed by atoms with Crippen LogP contribution in [0, 0.1) is 0 Å². The highest BCUT2D eigenvalue weighted by molar-refractivity contribution is 5.99. The molecule has 0 saturated carbocycles. The molecule has 0 radical (unpaired) electrons. The molecular weight excluding hydrogens is 489 g/mol. The number of aromatic nitrogens is 1. The minimum Gasteiger partial charge on any atom is -0.495 e. The van der Waals surface area contributed by atoms with E-state index in [2.05, 4.69) is 20.9 Å². The van der Waals surface area contributed by atoms with Crippen LogP contribution in [-0.4, -0.2) is 42.7 Å². The quantitative estimate of drug-likeness (QED) is 0.419. The first-order valence-corrected chi connectivity index (χ1v) is 11.4. The Morgan fingerprint density at radius 2 is 1.86 bits per heavy atom. The predicted molar refractivity (Wildman–Crippen MR) is 129 cm³/mol. The van der Waals surface area contributed by atoms with E-state index in [1.165, 1.54) is 43.8 Å². The maximum atomic E-state index is 13.2. The molecule has 11 heteroatoms. The number of carbonyl (C=O) groups excluding carboxylic acids is 2. The number of amides is 2. The van der Waals surface area contributed by atoms with Gasteiger partial charge in [0.15, 0.2) is 0 Å². The van der Waals surface area contributed by atoms with Gasteiger partial charge in [0.05, 0.1) is 36.7 Å². The number of para-hydroxylation sites is 1. The lowest BCUT2D eigenvalue weighted by atomic mass is 9.96. The van der Waals surface area contributed by atoms with Gasteiger partial charge in [0.2, 0.25) is 5.91 Å². The fourth-order valence-electron chi connectivity index (χ4n) is 3.90. The zero-order chi connectivity index (χ0) is 26.5. The summed E-state index contributed by atoms with van der Waals surface area (Å²) in [5.41, 5.74) is -0.632. The standard InChI is InChI=1S/C26H25F3N4O4/c1-36-20-12-18(14-30-15-20)23(34)33-25(10-11-37-16-25)24(35)31-13-17-6-8-19(9-7-17)32-22-5-3-2-4-21(22)26(27,28)29/h2-9,12,14-15,32H,10-11,13,16H2,1H3,(H,31,35)(H,33,34). The number of hydrogen-bond acceptors (Lipinski definition) is 6. The van der Waals surface area contributed by atoms with Crippen molar-refractivity contribution < 1.29 is 32.2 Å². The summed E-state index contributed by atoms with van der Waals surface area (Å²) in [5, 5.41) is 8.37. The summed E-state index contributed by atoms with van der Waals surface area (Å²) in [4.78, 5) is 29.9. The summed E-state index contributed by atoms with van der Waals surface area (Å²) in [6, 6.07) is 13.4. The molecule has 2 amide bonds. The van der Waals surface area contributed by atoms with Crippen LogP contribution < -0.4 is 20.7 Å². The van der Waals surface area contributed by atoms with E-state index in [0.717, 1.165) is 11.6 Å². The highest BCUT2D eigenvalue weighted by Gasteiger charge is 2.43. The van der Waals surface area contributed by atoms with Gasteiger partial charge >= 0.3 is 6.18 Å². The van der Waals surface area contributed by atoms with E-state index in [1.807, 2.05) is 0 Å². The van der Waals surface area contributed by atoms with Crippen molar-refractivity contribution in [2.24, 2.45) is 0 Å². The third-order valence-corrected chi connectivity index (χ3v) is 5.94. The Morgan fingerprint density at radius 3 is 2.54 bits per heavy atom. The molecule has 1 aromatic heterocycles. The molecule has 1 aliphatic rings. The van der Waals surface area contributed by atoms with Crippen molar-refractivity contribution in [3.8, 4) is 5.75 Å². The minimum atomic E-state index is -4.48. The van der Waals surface area contributed by atoms with Crippen LogP contribution in [0.2, 0.25) is 0 Å². The predicted octanol–water partition coefficient (Wildman–Crippen LogP) is 4.06. The number of nitrogens with zero attached hydrogens (tertiary/aromatic N) is 1.